The summed E-state index contributed by atoms with van der Waals surface area (Å²) in [5.74, 6) is 0.761. The van der Waals surface area contributed by atoms with Crippen LogP contribution in [0.2, 0.25) is 0 Å². The first-order valence-corrected chi connectivity index (χ1v) is 17.9. The molecule has 260 valence electrons. The van der Waals surface area contributed by atoms with E-state index in [1.54, 1.807) is 6.07 Å². The average Bonchev–Trinajstić information content (AvgIpc) is 3.57. The molecule has 0 spiro atoms. The summed E-state index contributed by atoms with van der Waals surface area (Å²) in [6.07, 6.45) is 9.23. The highest BCUT2D eigenvalue weighted by Gasteiger charge is 2.29. The van der Waals surface area contributed by atoms with Crippen LogP contribution in [0.25, 0.3) is 27.8 Å². The molecule has 0 saturated heterocycles. The maximum Gasteiger partial charge on any atom is 0.337 e. The number of carbonyl (C=O) groups is 1. The molecular weight excluding hydrogens is 633 g/mol. The molecule has 2 aliphatic rings. The second-order valence-electron chi connectivity index (χ2n) is 14.1. The standard InChI is InChI=1S/C39H44FN7O3/c1-25(2)17-18-41-22-26-9-11-27(12-10-26)28-6-5-7-32(20-28)46-36-33(21-29(40)23-42-36)38(49)47(39(46)50)31-15-13-30(14-16-31)43-37(48)34-24-45-19-4-3-8-35(45)44-34/h5-7,9-12,20-21,23-25,30-31,41H,3-4,8,13-19,22H2,1-2H3,(H,43,48)/t30-,31+. The number of fused-ring (bicyclic) bond motifs is 2. The van der Waals surface area contributed by atoms with Gasteiger partial charge in [-0.1, -0.05) is 50.2 Å². The van der Waals surface area contributed by atoms with Gasteiger partial charge in [0.05, 0.1) is 17.3 Å². The molecule has 7 rings (SSSR count). The summed E-state index contributed by atoms with van der Waals surface area (Å²) >= 11 is 0. The van der Waals surface area contributed by atoms with Crippen molar-refractivity contribution in [3.8, 4) is 16.8 Å². The van der Waals surface area contributed by atoms with Crippen molar-refractivity contribution in [2.24, 2.45) is 5.92 Å². The maximum atomic E-state index is 14.5. The number of amides is 1. The van der Waals surface area contributed by atoms with E-state index < -0.39 is 23.1 Å². The number of nitrogens with one attached hydrogen (secondary N) is 2. The molecule has 2 aromatic carbocycles. The van der Waals surface area contributed by atoms with E-state index in [0.717, 1.165) is 74.5 Å². The number of carbonyl (C=O) groups excluding carboxylic acids is 1. The Labute approximate surface area is 290 Å². The molecule has 10 nitrogen and oxygen atoms in total. The van der Waals surface area contributed by atoms with Gasteiger partial charge in [0.15, 0.2) is 5.65 Å². The fourth-order valence-electron chi connectivity index (χ4n) is 7.26. The van der Waals surface area contributed by atoms with E-state index in [9.17, 15) is 18.8 Å². The fraction of sp³-hybridized carbons (Fsp3) is 0.410. The zero-order chi connectivity index (χ0) is 34.8. The van der Waals surface area contributed by atoms with Gasteiger partial charge in [-0.3, -0.25) is 14.2 Å². The van der Waals surface area contributed by atoms with Crippen molar-refractivity contribution >= 4 is 16.9 Å². The SMILES string of the molecule is CC(C)CCNCc1ccc(-c2cccc(-n3c(=O)n([C@H]4CC[C@@H](NC(=O)c5cn6c(n5)CCCC6)CC4)c(=O)c4cc(F)cnc43)c2)cc1. The number of hydrogen-bond acceptors (Lipinski definition) is 6. The summed E-state index contributed by atoms with van der Waals surface area (Å²) in [6.45, 7) is 7.07. The van der Waals surface area contributed by atoms with Crippen LogP contribution in [0.5, 0.6) is 0 Å². The summed E-state index contributed by atoms with van der Waals surface area (Å²) < 4.78 is 19.3. The van der Waals surface area contributed by atoms with Crippen molar-refractivity contribution in [3.05, 3.63) is 111 Å². The first-order valence-electron chi connectivity index (χ1n) is 17.9. The van der Waals surface area contributed by atoms with Crippen LogP contribution in [-0.4, -0.2) is 42.2 Å². The minimum atomic E-state index is -0.647. The van der Waals surface area contributed by atoms with Crippen molar-refractivity contribution in [1.82, 2.24) is 34.3 Å². The molecule has 1 fully saturated rings. The van der Waals surface area contributed by atoms with Gasteiger partial charge in [-0.2, -0.15) is 0 Å². The van der Waals surface area contributed by atoms with Crippen molar-refractivity contribution in [2.45, 2.75) is 90.4 Å². The molecule has 4 heterocycles. The Kier molecular flexibility index (Phi) is 9.76. The number of benzene rings is 2. The van der Waals surface area contributed by atoms with Crippen LogP contribution < -0.4 is 21.9 Å². The third kappa shape index (κ3) is 7.05. The van der Waals surface area contributed by atoms with Gasteiger partial charge in [-0.15, -0.1) is 0 Å². The van der Waals surface area contributed by atoms with Crippen molar-refractivity contribution in [1.29, 1.82) is 0 Å². The number of imidazole rings is 1. The number of pyridine rings is 1. The van der Waals surface area contributed by atoms with Crippen LogP contribution in [0, 0.1) is 11.7 Å². The van der Waals surface area contributed by atoms with Gasteiger partial charge in [0.2, 0.25) is 0 Å². The van der Waals surface area contributed by atoms with Gasteiger partial charge in [0.25, 0.3) is 11.5 Å². The van der Waals surface area contributed by atoms with Gasteiger partial charge in [-0.05, 0) is 92.3 Å². The molecule has 5 aromatic rings. The molecule has 1 aliphatic heterocycles. The molecule has 0 unspecified atom stereocenters. The number of aromatic nitrogens is 5. The lowest BCUT2D eigenvalue weighted by atomic mass is 9.90. The topological polar surface area (TPSA) is 116 Å². The highest BCUT2D eigenvalue weighted by molar-refractivity contribution is 5.92. The zero-order valence-corrected chi connectivity index (χ0v) is 28.7. The highest BCUT2D eigenvalue weighted by Crippen LogP contribution is 2.29. The molecular formula is C39H44FN7O3. The Morgan fingerprint density at radius 2 is 1.80 bits per heavy atom. The number of halogens is 1. The summed E-state index contributed by atoms with van der Waals surface area (Å²) in [6, 6.07) is 16.5. The highest BCUT2D eigenvalue weighted by atomic mass is 19.1. The van der Waals surface area contributed by atoms with E-state index in [0.29, 0.717) is 43.0 Å². The molecule has 0 radical (unpaired) electrons. The van der Waals surface area contributed by atoms with Gasteiger partial charge < -0.3 is 15.2 Å². The Hall–Kier alpha value is -4.90. The Morgan fingerprint density at radius 1 is 1.00 bits per heavy atom. The average molecular weight is 678 g/mol. The maximum absolute atomic E-state index is 14.5. The molecule has 2 N–H and O–H groups in total. The summed E-state index contributed by atoms with van der Waals surface area (Å²) in [5.41, 5.74) is 3.07. The lowest BCUT2D eigenvalue weighted by Crippen LogP contribution is -2.45. The van der Waals surface area contributed by atoms with Crippen LogP contribution in [0.3, 0.4) is 0 Å². The van der Waals surface area contributed by atoms with E-state index in [4.69, 9.17) is 0 Å². The lowest BCUT2D eigenvalue weighted by Gasteiger charge is -2.30. The third-order valence-electron chi connectivity index (χ3n) is 10.0. The molecule has 11 heteroatoms. The molecule has 50 heavy (non-hydrogen) atoms. The molecule has 1 amide bonds. The van der Waals surface area contributed by atoms with Gasteiger partial charge >= 0.3 is 5.69 Å². The lowest BCUT2D eigenvalue weighted by molar-refractivity contribution is 0.0917. The van der Waals surface area contributed by atoms with Gasteiger partial charge in [0.1, 0.15) is 17.3 Å². The molecule has 0 bridgehead atoms. The second kappa shape index (κ2) is 14.5. The van der Waals surface area contributed by atoms with E-state index in [2.05, 4.69) is 63.3 Å². The number of hydrogen-bond donors (Lipinski definition) is 2. The zero-order valence-electron chi connectivity index (χ0n) is 28.7. The van der Waals surface area contributed by atoms with Crippen LogP contribution in [-0.2, 0) is 19.5 Å². The van der Waals surface area contributed by atoms with Crippen molar-refractivity contribution < 1.29 is 9.18 Å². The first-order chi connectivity index (χ1) is 24.2. The quantitative estimate of drug-likeness (QED) is 0.177. The minimum Gasteiger partial charge on any atom is -0.348 e. The predicted molar refractivity (Wildman–Crippen MR) is 192 cm³/mol. The largest absolute Gasteiger partial charge is 0.348 e. The molecule has 0 atom stereocenters. The van der Waals surface area contributed by atoms with Gasteiger partial charge in [0, 0.05) is 37.8 Å². The van der Waals surface area contributed by atoms with E-state index >= 15 is 0 Å². The summed E-state index contributed by atoms with van der Waals surface area (Å²) in [7, 11) is 0. The van der Waals surface area contributed by atoms with E-state index in [1.807, 2.05) is 24.4 Å². The minimum absolute atomic E-state index is 0.0449. The summed E-state index contributed by atoms with van der Waals surface area (Å²) in [5, 5.41) is 6.65. The molecule has 3 aromatic heterocycles. The molecule has 1 saturated carbocycles. The molecule has 1 aliphatic carbocycles. The Morgan fingerprint density at radius 3 is 2.56 bits per heavy atom. The van der Waals surface area contributed by atoms with Crippen LogP contribution in [0.15, 0.2) is 76.6 Å². The second-order valence-corrected chi connectivity index (χ2v) is 14.1. The van der Waals surface area contributed by atoms with Crippen molar-refractivity contribution in [2.75, 3.05) is 6.54 Å². The Balaban J connectivity index is 1.13. The van der Waals surface area contributed by atoms with Gasteiger partial charge in [-0.25, -0.2) is 23.7 Å². The third-order valence-corrected chi connectivity index (χ3v) is 10.0. The van der Waals surface area contributed by atoms with E-state index in [1.165, 1.54) is 14.7 Å². The normalized spacial score (nSPS) is 17.6. The number of rotatable bonds is 10. The van der Waals surface area contributed by atoms with E-state index in [-0.39, 0.29) is 23.0 Å². The van der Waals surface area contributed by atoms with Crippen molar-refractivity contribution in [3.63, 3.8) is 0 Å². The van der Waals surface area contributed by atoms with Crippen LogP contribution >= 0.6 is 0 Å². The van der Waals surface area contributed by atoms with Crippen LogP contribution in [0.4, 0.5) is 4.39 Å². The monoisotopic (exact) mass is 677 g/mol. The fourth-order valence-corrected chi connectivity index (χ4v) is 7.26. The van der Waals surface area contributed by atoms with Crippen LogP contribution in [0.1, 0.15) is 86.7 Å². The Bertz CT molecular complexity index is 2100. The smallest absolute Gasteiger partial charge is 0.337 e. The summed E-state index contributed by atoms with van der Waals surface area (Å²) in [4.78, 5) is 50.0. The number of nitrogens with zero attached hydrogens (tertiary/aromatic N) is 5. The number of aryl methyl sites for hydroxylation is 2. The predicted octanol–water partition coefficient (Wildman–Crippen LogP) is 5.94. The first kappa shape index (κ1) is 33.6.